The molecule has 1 aromatic carbocycles. The molecule has 0 radical (unpaired) electrons. The molecule has 1 aromatic rings. The highest BCUT2D eigenvalue weighted by molar-refractivity contribution is 8.13. The minimum Gasteiger partial charge on any atom is -0.520 e. The van der Waals surface area contributed by atoms with E-state index in [1.807, 2.05) is 0 Å². The Labute approximate surface area is 203 Å². The minimum absolute atomic E-state index is 0.342. The zero-order valence-corrected chi connectivity index (χ0v) is 23.6. The SMILES string of the molecule is CCCCCCCC(=O)SCCC[Si](CC)(OCC)Oc1ccc(C(C)C)cc1C(C)C. The number of carbonyl (C=O) groups is 1. The monoisotopic (exact) mass is 480 g/mol. The van der Waals surface area contributed by atoms with E-state index in [4.69, 9.17) is 8.85 Å². The first kappa shape index (κ1) is 29.2. The Bertz CT molecular complexity index is 662. The second-order valence-corrected chi connectivity index (χ2v) is 14.1. The van der Waals surface area contributed by atoms with E-state index < -0.39 is 8.56 Å². The van der Waals surface area contributed by atoms with Gasteiger partial charge in [0, 0.05) is 24.8 Å². The highest BCUT2D eigenvalue weighted by Gasteiger charge is 2.37. The minimum atomic E-state index is -2.37. The molecule has 0 heterocycles. The molecule has 0 fully saturated rings. The highest BCUT2D eigenvalue weighted by atomic mass is 32.2. The average Bonchev–Trinajstić information content (AvgIpc) is 2.76. The van der Waals surface area contributed by atoms with Gasteiger partial charge in [-0.25, -0.2) is 0 Å². The maximum atomic E-state index is 12.2. The van der Waals surface area contributed by atoms with Gasteiger partial charge in [0.1, 0.15) is 5.75 Å². The van der Waals surface area contributed by atoms with Gasteiger partial charge in [-0.3, -0.25) is 4.79 Å². The topological polar surface area (TPSA) is 35.5 Å². The van der Waals surface area contributed by atoms with Crippen LogP contribution in [0.15, 0.2) is 18.2 Å². The lowest BCUT2D eigenvalue weighted by atomic mass is 9.95. The van der Waals surface area contributed by atoms with E-state index in [1.54, 1.807) is 0 Å². The quantitative estimate of drug-likeness (QED) is 0.165. The smallest absolute Gasteiger partial charge is 0.398 e. The van der Waals surface area contributed by atoms with Crippen molar-refractivity contribution in [3.63, 3.8) is 0 Å². The summed E-state index contributed by atoms with van der Waals surface area (Å²) in [6.07, 6.45) is 7.67. The molecule has 32 heavy (non-hydrogen) atoms. The van der Waals surface area contributed by atoms with E-state index >= 15 is 0 Å². The summed E-state index contributed by atoms with van der Waals surface area (Å²) in [4.78, 5) is 12.2. The van der Waals surface area contributed by atoms with E-state index in [0.717, 1.165) is 36.4 Å². The molecule has 1 atom stereocenters. The summed E-state index contributed by atoms with van der Waals surface area (Å²) in [6.45, 7) is 16.1. The van der Waals surface area contributed by atoms with Crippen molar-refractivity contribution in [3.05, 3.63) is 29.3 Å². The molecule has 0 aliphatic carbocycles. The molecule has 0 amide bonds. The summed E-state index contributed by atoms with van der Waals surface area (Å²) < 4.78 is 13.1. The molecule has 0 saturated heterocycles. The molecule has 0 bridgehead atoms. The van der Waals surface area contributed by atoms with Gasteiger partial charge in [0.2, 0.25) is 0 Å². The van der Waals surface area contributed by atoms with Crippen molar-refractivity contribution in [2.24, 2.45) is 0 Å². The van der Waals surface area contributed by atoms with Crippen molar-refractivity contribution in [2.75, 3.05) is 12.4 Å². The van der Waals surface area contributed by atoms with Gasteiger partial charge in [-0.2, -0.15) is 0 Å². The van der Waals surface area contributed by atoms with Gasteiger partial charge in [-0.05, 0) is 54.8 Å². The van der Waals surface area contributed by atoms with Crippen LogP contribution in [0.2, 0.25) is 12.1 Å². The third-order valence-electron chi connectivity index (χ3n) is 6.01. The summed E-state index contributed by atoms with van der Waals surface area (Å²) in [5.41, 5.74) is 2.62. The summed E-state index contributed by atoms with van der Waals surface area (Å²) >= 11 is 1.50. The van der Waals surface area contributed by atoms with Crippen molar-refractivity contribution < 1.29 is 13.6 Å². The standard InChI is InChI=1S/C27H48O3SSi/c1-8-11-12-13-14-16-27(28)31-19-15-20-32(10-3,29-9-2)30-26-18-17-24(22(4)5)21-25(26)23(6)7/h17-18,21-23H,8-16,19-20H2,1-7H3. The van der Waals surface area contributed by atoms with Gasteiger partial charge in [-0.1, -0.05) is 91.1 Å². The van der Waals surface area contributed by atoms with Crippen LogP contribution in [0.25, 0.3) is 0 Å². The largest absolute Gasteiger partial charge is 0.520 e. The van der Waals surface area contributed by atoms with Crippen LogP contribution in [-0.4, -0.2) is 26.0 Å². The van der Waals surface area contributed by atoms with Crippen LogP contribution in [0.4, 0.5) is 0 Å². The van der Waals surface area contributed by atoms with E-state index in [-0.39, 0.29) is 0 Å². The molecule has 0 aliphatic heterocycles. The number of hydrogen-bond acceptors (Lipinski definition) is 4. The molecular formula is C27H48O3SSi. The number of unbranched alkanes of at least 4 members (excludes halogenated alkanes) is 4. The molecule has 0 saturated carbocycles. The molecule has 0 aromatic heterocycles. The second-order valence-electron chi connectivity index (χ2n) is 9.39. The van der Waals surface area contributed by atoms with Crippen molar-refractivity contribution in [3.8, 4) is 5.75 Å². The van der Waals surface area contributed by atoms with Crippen LogP contribution in [0.3, 0.4) is 0 Å². The molecule has 1 rings (SSSR count). The van der Waals surface area contributed by atoms with E-state index in [0.29, 0.717) is 30.0 Å². The van der Waals surface area contributed by atoms with Crippen LogP contribution < -0.4 is 4.43 Å². The first-order valence-electron chi connectivity index (χ1n) is 12.9. The summed E-state index contributed by atoms with van der Waals surface area (Å²) in [5, 5.41) is 0.342. The second kappa shape index (κ2) is 15.9. The third-order valence-corrected chi connectivity index (χ3v) is 10.6. The Hall–Kier alpha value is -0.783. The Morgan fingerprint density at radius 3 is 2.28 bits per heavy atom. The molecule has 0 N–H and O–H groups in total. The summed E-state index contributed by atoms with van der Waals surface area (Å²) in [7, 11) is -2.37. The molecule has 0 aliphatic rings. The van der Waals surface area contributed by atoms with Gasteiger partial charge in [0.05, 0.1) is 0 Å². The van der Waals surface area contributed by atoms with Crippen LogP contribution in [0.1, 0.15) is 116 Å². The van der Waals surface area contributed by atoms with Gasteiger partial charge < -0.3 is 8.85 Å². The van der Waals surface area contributed by atoms with Gasteiger partial charge in [0.15, 0.2) is 5.12 Å². The Morgan fingerprint density at radius 2 is 1.69 bits per heavy atom. The normalized spacial score (nSPS) is 13.5. The molecule has 1 unspecified atom stereocenters. The molecule has 3 nitrogen and oxygen atoms in total. The van der Waals surface area contributed by atoms with Crippen molar-refractivity contribution in [2.45, 2.75) is 117 Å². The lowest BCUT2D eigenvalue weighted by molar-refractivity contribution is -0.111. The third kappa shape index (κ3) is 10.4. The van der Waals surface area contributed by atoms with Gasteiger partial charge in [-0.15, -0.1) is 0 Å². The average molecular weight is 481 g/mol. The number of benzene rings is 1. The lowest BCUT2D eigenvalue weighted by Gasteiger charge is -2.32. The first-order chi connectivity index (χ1) is 15.3. The van der Waals surface area contributed by atoms with Crippen LogP contribution in [0, 0.1) is 0 Å². The van der Waals surface area contributed by atoms with Crippen LogP contribution >= 0.6 is 11.8 Å². The number of thioether (sulfide) groups is 1. The fourth-order valence-corrected chi connectivity index (χ4v) is 7.81. The highest BCUT2D eigenvalue weighted by Crippen LogP contribution is 2.34. The molecule has 0 spiro atoms. The Kier molecular flexibility index (Phi) is 14.6. The van der Waals surface area contributed by atoms with Crippen molar-refractivity contribution >= 4 is 25.4 Å². The number of rotatable bonds is 17. The summed E-state index contributed by atoms with van der Waals surface area (Å²) in [6, 6.07) is 8.50. The lowest BCUT2D eigenvalue weighted by Crippen LogP contribution is -2.45. The molecule has 184 valence electrons. The van der Waals surface area contributed by atoms with E-state index in [2.05, 4.69) is 66.7 Å². The summed E-state index contributed by atoms with van der Waals surface area (Å²) in [5.74, 6) is 2.76. The van der Waals surface area contributed by atoms with E-state index in [1.165, 1.54) is 48.6 Å². The zero-order valence-electron chi connectivity index (χ0n) is 21.8. The van der Waals surface area contributed by atoms with Crippen LogP contribution in [0.5, 0.6) is 5.75 Å². The fourth-order valence-electron chi connectivity index (χ4n) is 3.91. The zero-order chi connectivity index (χ0) is 24.0. The molecule has 5 heteroatoms. The Morgan fingerprint density at radius 1 is 0.969 bits per heavy atom. The van der Waals surface area contributed by atoms with Gasteiger partial charge >= 0.3 is 8.56 Å². The first-order valence-corrected chi connectivity index (χ1v) is 16.1. The fraction of sp³-hybridized carbons (Fsp3) is 0.741. The maximum absolute atomic E-state index is 12.2. The Balaban J connectivity index is 2.70. The van der Waals surface area contributed by atoms with Crippen molar-refractivity contribution in [1.29, 1.82) is 0 Å². The molecular weight excluding hydrogens is 432 g/mol. The van der Waals surface area contributed by atoms with E-state index in [9.17, 15) is 4.79 Å². The van der Waals surface area contributed by atoms with Gasteiger partial charge in [0.25, 0.3) is 0 Å². The predicted octanol–water partition coefficient (Wildman–Crippen LogP) is 8.82. The maximum Gasteiger partial charge on any atom is 0.398 e. The van der Waals surface area contributed by atoms with Crippen molar-refractivity contribution in [1.82, 2.24) is 0 Å². The van der Waals surface area contributed by atoms with Crippen LogP contribution in [-0.2, 0) is 9.22 Å². The number of carbonyl (C=O) groups excluding carboxylic acids is 1. The number of hydrogen-bond donors (Lipinski definition) is 0. The predicted molar refractivity (Wildman–Crippen MR) is 143 cm³/mol.